The van der Waals surface area contributed by atoms with Gasteiger partial charge in [0.05, 0.1) is 22.8 Å². The first-order valence-electron chi connectivity index (χ1n) is 12.2. The molecular weight excluding hydrogens is 394 g/mol. The van der Waals surface area contributed by atoms with Crippen LogP contribution in [-0.2, 0) is 13.1 Å². The molecule has 4 heteroatoms. The van der Waals surface area contributed by atoms with Crippen LogP contribution in [0.3, 0.4) is 0 Å². The van der Waals surface area contributed by atoms with Crippen LogP contribution in [0.25, 0.3) is 22.2 Å². The predicted molar refractivity (Wildman–Crippen MR) is 132 cm³/mol. The number of likely N-dealkylation sites (N-methyl/N-ethyl adjacent to an activating group) is 1. The Balaban J connectivity index is 1.71. The molecule has 3 aromatic rings. The van der Waals surface area contributed by atoms with Crippen molar-refractivity contribution in [3.63, 3.8) is 0 Å². The first-order chi connectivity index (χ1) is 15.7. The molecular formula is C28H34N4. The Bertz CT molecular complexity index is 1140. The fraction of sp³-hybridized carbons (Fsp3) is 0.464. The van der Waals surface area contributed by atoms with Gasteiger partial charge in [0.25, 0.3) is 0 Å². The maximum absolute atomic E-state index is 9.61. The van der Waals surface area contributed by atoms with Crippen molar-refractivity contribution in [2.24, 2.45) is 0 Å². The van der Waals surface area contributed by atoms with Gasteiger partial charge in [0.15, 0.2) is 0 Å². The van der Waals surface area contributed by atoms with Crippen LogP contribution < -0.4 is 0 Å². The highest BCUT2D eigenvalue weighted by Gasteiger charge is 2.29. The van der Waals surface area contributed by atoms with Gasteiger partial charge in [0.1, 0.15) is 0 Å². The largest absolute Gasteiger partial charge is 0.339 e. The number of nitriles is 1. The molecule has 2 aliphatic rings. The summed E-state index contributed by atoms with van der Waals surface area (Å²) in [6.07, 6.45) is 6.58. The van der Waals surface area contributed by atoms with E-state index >= 15 is 0 Å². The van der Waals surface area contributed by atoms with E-state index in [0.717, 1.165) is 38.3 Å². The summed E-state index contributed by atoms with van der Waals surface area (Å²) in [5, 5.41) is 11.0. The second-order valence-electron chi connectivity index (χ2n) is 9.83. The molecule has 0 atom stereocenters. The van der Waals surface area contributed by atoms with E-state index in [1.165, 1.54) is 59.8 Å². The van der Waals surface area contributed by atoms with Crippen LogP contribution in [0.1, 0.15) is 54.7 Å². The topological polar surface area (TPSA) is 35.2 Å². The van der Waals surface area contributed by atoms with Gasteiger partial charge in [-0.15, -0.1) is 0 Å². The van der Waals surface area contributed by atoms with Crippen LogP contribution in [0.5, 0.6) is 0 Å². The van der Waals surface area contributed by atoms with E-state index < -0.39 is 0 Å². The summed E-state index contributed by atoms with van der Waals surface area (Å²) in [6, 6.07) is 17.8. The van der Waals surface area contributed by atoms with Crippen molar-refractivity contribution in [1.29, 1.82) is 5.26 Å². The number of nitrogens with zero attached hydrogens (tertiary/aromatic N) is 4. The maximum atomic E-state index is 9.61. The summed E-state index contributed by atoms with van der Waals surface area (Å²) in [5.74, 6) is 0.618. The van der Waals surface area contributed by atoms with Gasteiger partial charge in [-0.3, -0.25) is 4.90 Å². The van der Waals surface area contributed by atoms with Crippen LogP contribution >= 0.6 is 0 Å². The Hall–Kier alpha value is -2.61. The molecule has 1 fully saturated rings. The number of rotatable bonds is 4. The highest BCUT2D eigenvalue weighted by molar-refractivity contribution is 5.94. The summed E-state index contributed by atoms with van der Waals surface area (Å²) in [7, 11) is 4.30. The van der Waals surface area contributed by atoms with Crippen LogP contribution in [0.2, 0.25) is 0 Å². The van der Waals surface area contributed by atoms with Gasteiger partial charge in [0.2, 0.25) is 0 Å². The van der Waals surface area contributed by atoms with Crippen LogP contribution in [0.15, 0.2) is 42.5 Å². The van der Waals surface area contributed by atoms with E-state index in [1.807, 2.05) is 6.07 Å². The zero-order valence-electron chi connectivity index (χ0n) is 19.5. The molecule has 0 amide bonds. The molecule has 0 bridgehead atoms. The van der Waals surface area contributed by atoms with E-state index in [9.17, 15) is 5.26 Å². The van der Waals surface area contributed by atoms with Gasteiger partial charge in [0, 0.05) is 43.7 Å². The average molecular weight is 429 g/mol. The second-order valence-corrected chi connectivity index (χ2v) is 9.83. The highest BCUT2D eigenvalue weighted by Crippen LogP contribution is 2.45. The van der Waals surface area contributed by atoms with E-state index in [2.05, 4.69) is 70.9 Å². The SMILES string of the molecule is CN(C)CCN1CCn2c(c(C3CCCCC3)c3ccc([14C]#N)cc32)-c2ccccc2C1. The molecule has 0 spiro atoms. The van der Waals surface area contributed by atoms with E-state index in [-0.39, 0.29) is 0 Å². The van der Waals surface area contributed by atoms with Gasteiger partial charge < -0.3 is 9.47 Å². The molecule has 1 aliphatic heterocycles. The molecule has 32 heavy (non-hydrogen) atoms. The third-order valence-corrected chi connectivity index (χ3v) is 7.42. The van der Waals surface area contributed by atoms with Crippen molar-refractivity contribution < 1.29 is 0 Å². The Labute approximate surface area is 192 Å². The number of benzene rings is 2. The monoisotopic (exact) mass is 428 g/mol. The molecule has 1 saturated carbocycles. The number of fused-ring (bicyclic) bond motifs is 5. The predicted octanol–water partition coefficient (Wildman–Crippen LogP) is 5.60. The minimum atomic E-state index is 0.618. The van der Waals surface area contributed by atoms with Gasteiger partial charge in [-0.25, -0.2) is 0 Å². The molecule has 0 N–H and O–H groups in total. The van der Waals surface area contributed by atoms with Crippen molar-refractivity contribution in [3.8, 4) is 17.3 Å². The fourth-order valence-electron chi connectivity index (χ4n) is 5.76. The van der Waals surface area contributed by atoms with E-state index in [0.29, 0.717) is 5.92 Å². The molecule has 5 rings (SSSR count). The fourth-order valence-corrected chi connectivity index (χ4v) is 5.76. The molecule has 0 saturated heterocycles. The lowest BCUT2D eigenvalue weighted by Gasteiger charge is -2.30. The Kier molecular flexibility index (Phi) is 6.04. The molecule has 1 aromatic heterocycles. The minimum Gasteiger partial charge on any atom is -0.339 e. The van der Waals surface area contributed by atoms with Crippen molar-refractivity contribution in [1.82, 2.24) is 14.4 Å². The molecule has 166 valence electrons. The van der Waals surface area contributed by atoms with E-state index in [1.54, 1.807) is 5.56 Å². The smallest absolute Gasteiger partial charge is 0.0992 e. The number of hydrogen-bond acceptors (Lipinski definition) is 3. The Morgan fingerprint density at radius 2 is 1.84 bits per heavy atom. The molecule has 0 radical (unpaired) electrons. The quantitative estimate of drug-likeness (QED) is 0.542. The first-order valence-corrected chi connectivity index (χ1v) is 12.2. The van der Waals surface area contributed by atoms with E-state index in [4.69, 9.17) is 0 Å². The zero-order chi connectivity index (χ0) is 22.1. The van der Waals surface area contributed by atoms with Crippen molar-refractivity contribution in [3.05, 3.63) is 59.2 Å². The first kappa shape index (κ1) is 21.2. The summed E-state index contributed by atoms with van der Waals surface area (Å²) in [4.78, 5) is 4.85. The van der Waals surface area contributed by atoms with Crippen LogP contribution in [0.4, 0.5) is 0 Å². The van der Waals surface area contributed by atoms with Gasteiger partial charge in [-0.1, -0.05) is 49.6 Å². The van der Waals surface area contributed by atoms with Gasteiger partial charge in [-0.05, 0) is 56.1 Å². The van der Waals surface area contributed by atoms with Crippen LogP contribution in [-0.4, -0.2) is 48.1 Å². The molecule has 1 aliphatic carbocycles. The third kappa shape index (κ3) is 3.96. The van der Waals surface area contributed by atoms with Crippen molar-refractivity contribution in [2.75, 3.05) is 33.7 Å². The summed E-state index contributed by atoms with van der Waals surface area (Å²) in [5.41, 5.74) is 7.77. The maximum Gasteiger partial charge on any atom is 0.0992 e. The molecule has 2 heterocycles. The zero-order valence-corrected chi connectivity index (χ0v) is 19.5. The molecule has 4 nitrogen and oxygen atoms in total. The minimum absolute atomic E-state index is 0.618. The van der Waals surface area contributed by atoms with Gasteiger partial charge >= 0.3 is 0 Å². The third-order valence-electron chi connectivity index (χ3n) is 7.42. The van der Waals surface area contributed by atoms with Gasteiger partial charge in [-0.2, -0.15) is 5.26 Å². The Morgan fingerprint density at radius 1 is 1.03 bits per heavy atom. The van der Waals surface area contributed by atoms with Crippen LogP contribution in [0, 0.1) is 11.3 Å². The standard InChI is InChI=1S/C28H34N4/c1-30(2)14-15-31-16-17-32-26-18-21(19-29)12-13-25(26)27(22-8-4-3-5-9-22)28(32)24-11-7-6-10-23(24)20-31/h6-7,10-13,18,22H,3-5,8-9,14-17,20H2,1-2H3/i19+2. The lowest BCUT2D eigenvalue weighted by atomic mass is 9.81. The lowest BCUT2D eigenvalue weighted by Crippen LogP contribution is -2.35. The van der Waals surface area contributed by atoms with Crippen molar-refractivity contribution >= 4 is 10.9 Å². The summed E-state index contributed by atoms with van der Waals surface area (Å²) >= 11 is 0. The highest BCUT2D eigenvalue weighted by atomic mass is 15.2. The summed E-state index contributed by atoms with van der Waals surface area (Å²) < 4.78 is 2.54. The Morgan fingerprint density at radius 3 is 2.62 bits per heavy atom. The molecule has 0 unspecified atom stereocenters. The lowest BCUT2D eigenvalue weighted by molar-refractivity contribution is 0.225. The van der Waals surface area contributed by atoms with Crippen molar-refractivity contribution in [2.45, 2.75) is 51.1 Å². The number of aromatic nitrogens is 1. The normalized spacial score (nSPS) is 17.6. The number of hydrogen-bond donors (Lipinski definition) is 0. The molecule has 2 aromatic carbocycles. The summed E-state index contributed by atoms with van der Waals surface area (Å²) in [6.45, 7) is 5.12. The second kappa shape index (κ2) is 9.10. The average Bonchev–Trinajstić information content (AvgIpc) is 3.12.